The zero-order valence-corrected chi connectivity index (χ0v) is 42.3. The fourth-order valence-electron chi connectivity index (χ4n) is 11.7. The Hall–Kier alpha value is -8.70. The highest BCUT2D eigenvalue weighted by atomic mass is 32.2. The fraction of sp³-hybridized carbons (Fsp3) is 0.0714. The summed E-state index contributed by atoms with van der Waals surface area (Å²) in [5, 5.41) is 12.1. The number of allylic oxidation sites excluding steroid dienone is 2. The van der Waals surface area contributed by atoms with Crippen molar-refractivity contribution in [3.63, 3.8) is 0 Å². The number of hydrogen-bond acceptors (Lipinski definition) is 3. The molecule has 11 aromatic carbocycles. The van der Waals surface area contributed by atoms with E-state index in [1.54, 1.807) is 0 Å². The molecule has 4 heteroatoms. The third-order valence-electron chi connectivity index (χ3n) is 15.5. The maximum atomic E-state index is 6.58. The minimum absolute atomic E-state index is 0.330. The van der Waals surface area contributed by atoms with Crippen molar-refractivity contribution >= 4 is 99.1 Å². The Balaban J connectivity index is 1.06. The normalized spacial score (nSPS) is 13.5. The summed E-state index contributed by atoms with van der Waals surface area (Å²) < 4.78 is 9.16. The molecule has 0 N–H and O–H groups in total. The van der Waals surface area contributed by atoms with Gasteiger partial charge >= 0.3 is 0 Å². The lowest BCUT2D eigenvalue weighted by Gasteiger charge is -2.26. The van der Waals surface area contributed by atoms with E-state index in [0.717, 1.165) is 72.4 Å². The van der Waals surface area contributed by atoms with E-state index in [-0.39, 0.29) is 6.04 Å². The third-order valence-corrected chi connectivity index (χ3v) is 16.6. The third kappa shape index (κ3) is 7.16. The molecular formula is C70H50N2OS. The Morgan fingerprint density at radius 1 is 0.527 bits per heavy atom. The first kappa shape index (κ1) is 44.0. The fourth-order valence-corrected chi connectivity index (χ4v) is 12.9. The average Bonchev–Trinajstić information content (AvgIpc) is 4.06. The highest BCUT2D eigenvalue weighted by Crippen LogP contribution is 2.49. The first-order chi connectivity index (χ1) is 36.3. The van der Waals surface area contributed by atoms with Crippen molar-refractivity contribution in [2.75, 3.05) is 0 Å². The molecule has 13 aromatic rings. The molecule has 0 radical (unpaired) electrons. The van der Waals surface area contributed by atoms with E-state index >= 15 is 0 Å². The number of fused-ring (bicyclic) bond motifs is 13. The number of furan rings is 1. The molecule has 0 amide bonds. The standard InChI is InChI=1S/C70H50N2OS/c1-42(2)69(52-26-16-25-47(34-52)45-18-6-5-7-19-45)71-70(56-29-17-31-65-68(56)55-28-14-15-30-64(55)73-65)44(4)43(3)53-37-57-58-35-48-21-9-11-24-51(48)40-66(58)74-41-60(57)63(39-53)72-61-33-32-46-20-12-13-27-54(46)67(61)59-36-49-22-8-10-23-50(49)38-62(59)72/h5-40,69H,1,41H2,2-4H3/b44-43+,71-70+. The molecule has 352 valence electrons. The van der Waals surface area contributed by atoms with Crippen LogP contribution >= 0.6 is 11.8 Å². The SMILES string of the molecule is C=C(C)C(/N=C(\C(C)=C(/C)c1cc2c(c(-n3c4cc5ccccc5cc4c4c5ccccc5ccc43)c1)CSc1cc3ccccc3cc1-2)c1cccc2oc3ccccc3c12)c1cccc(-c2ccccc2)c1. The van der Waals surface area contributed by atoms with Crippen LogP contribution in [0.3, 0.4) is 0 Å². The van der Waals surface area contributed by atoms with Crippen LogP contribution in [0.5, 0.6) is 0 Å². The van der Waals surface area contributed by atoms with Crippen LogP contribution in [0.4, 0.5) is 0 Å². The lowest BCUT2D eigenvalue weighted by Crippen LogP contribution is -2.11. The van der Waals surface area contributed by atoms with Gasteiger partial charge in [-0.1, -0.05) is 170 Å². The van der Waals surface area contributed by atoms with E-state index in [9.17, 15) is 0 Å². The number of para-hydroxylation sites is 1. The maximum absolute atomic E-state index is 6.58. The predicted molar refractivity (Wildman–Crippen MR) is 316 cm³/mol. The molecule has 0 aliphatic carbocycles. The smallest absolute Gasteiger partial charge is 0.136 e. The van der Waals surface area contributed by atoms with Gasteiger partial charge in [-0.3, -0.25) is 4.99 Å². The first-order valence-corrected chi connectivity index (χ1v) is 26.5. The number of nitrogens with zero attached hydrogens (tertiary/aromatic N) is 2. The molecule has 0 bridgehead atoms. The minimum Gasteiger partial charge on any atom is -0.456 e. The molecule has 0 saturated heterocycles. The van der Waals surface area contributed by atoms with Crippen LogP contribution in [0.15, 0.2) is 250 Å². The molecule has 0 saturated carbocycles. The van der Waals surface area contributed by atoms with Crippen molar-refractivity contribution in [2.45, 2.75) is 37.5 Å². The maximum Gasteiger partial charge on any atom is 0.136 e. The van der Waals surface area contributed by atoms with Crippen LogP contribution in [-0.2, 0) is 5.75 Å². The quantitative estimate of drug-likeness (QED) is 0.112. The van der Waals surface area contributed by atoms with Crippen molar-refractivity contribution in [2.24, 2.45) is 4.99 Å². The highest BCUT2D eigenvalue weighted by molar-refractivity contribution is 7.98. The molecule has 0 spiro atoms. The van der Waals surface area contributed by atoms with Crippen molar-refractivity contribution in [1.82, 2.24) is 4.57 Å². The largest absolute Gasteiger partial charge is 0.456 e. The first-order valence-electron chi connectivity index (χ1n) is 25.5. The van der Waals surface area contributed by atoms with Gasteiger partial charge in [0.15, 0.2) is 0 Å². The van der Waals surface area contributed by atoms with Gasteiger partial charge in [-0.2, -0.15) is 0 Å². The van der Waals surface area contributed by atoms with Crippen LogP contribution in [0, 0.1) is 0 Å². The van der Waals surface area contributed by atoms with Gasteiger partial charge in [-0.15, -0.1) is 11.8 Å². The lowest BCUT2D eigenvalue weighted by molar-refractivity contribution is 0.669. The highest BCUT2D eigenvalue weighted by Gasteiger charge is 2.27. The van der Waals surface area contributed by atoms with Gasteiger partial charge in [0, 0.05) is 37.8 Å². The summed E-state index contributed by atoms with van der Waals surface area (Å²) >= 11 is 1.94. The molecule has 14 rings (SSSR count). The van der Waals surface area contributed by atoms with Gasteiger partial charge in [0.05, 0.1) is 28.5 Å². The molecule has 1 aliphatic heterocycles. The monoisotopic (exact) mass is 966 g/mol. The van der Waals surface area contributed by atoms with Gasteiger partial charge in [0.2, 0.25) is 0 Å². The summed E-state index contributed by atoms with van der Waals surface area (Å²) in [4.78, 5) is 7.22. The van der Waals surface area contributed by atoms with Gasteiger partial charge in [0.25, 0.3) is 0 Å². The lowest BCUT2D eigenvalue weighted by atomic mass is 9.88. The zero-order valence-electron chi connectivity index (χ0n) is 41.5. The molecule has 74 heavy (non-hydrogen) atoms. The van der Waals surface area contributed by atoms with E-state index in [0.29, 0.717) is 0 Å². The van der Waals surface area contributed by atoms with Crippen molar-refractivity contribution in [3.05, 3.63) is 258 Å². The molecule has 3 nitrogen and oxygen atoms in total. The average molecular weight is 967 g/mol. The Bertz CT molecular complexity index is 4550. The summed E-state index contributed by atoms with van der Waals surface area (Å²) in [5.41, 5.74) is 18.8. The van der Waals surface area contributed by atoms with Crippen molar-refractivity contribution in [3.8, 4) is 27.9 Å². The van der Waals surface area contributed by atoms with Crippen LogP contribution in [0.1, 0.15) is 49.1 Å². The second kappa shape index (κ2) is 17.5. The van der Waals surface area contributed by atoms with Gasteiger partial charge in [-0.25, -0.2) is 0 Å². The van der Waals surface area contributed by atoms with Crippen molar-refractivity contribution in [1.29, 1.82) is 0 Å². The topological polar surface area (TPSA) is 30.4 Å². The summed E-state index contributed by atoms with van der Waals surface area (Å²) in [5.74, 6) is 0.838. The molecule has 3 heterocycles. The molecule has 1 aliphatic rings. The van der Waals surface area contributed by atoms with E-state index in [2.05, 4.69) is 244 Å². The summed E-state index contributed by atoms with van der Waals surface area (Å²) in [7, 11) is 0. The van der Waals surface area contributed by atoms with Crippen LogP contribution in [-0.4, -0.2) is 10.3 Å². The van der Waals surface area contributed by atoms with E-state index in [1.807, 2.05) is 17.8 Å². The number of benzene rings is 11. The van der Waals surface area contributed by atoms with Crippen molar-refractivity contribution < 1.29 is 4.42 Å². The zero-order chi connectivity index (χ0) is 49.6. The second-order valence-electron chi connectivity index (χ2n) is 20.0. The number of thioether (sulfide) groups is 1. The summed E-state index contributed by atoms with van der Waals surface area (Å²) in [6.45, 7) is 11.3. The molecule has 2 aromatic heterocycles. The number of aliphatic imine (C=N–C) groups is 1. The van der Waals surface area contributed by atoms with E-state index in [1.165, 1.54) is 87.0 Å². The molecule has 1 unspecified atom stereocenters. The van der Waals surface area contributed by atoms with Crippen LogP contribution in [0.2, 0.25) is 0 Å². The predicted octanol–water partition coefficient (Wildman–Crippen LogP) is 19.7. The Morgan fingerprint density at radius 2 is 1.19 bits per heavy atom. The number of hydrogen-bond donors (Lipinski definition) is 0. The minimum atomic E-state index is -0.330. The van der Waals surface area contributed by atoms with E-state index in [4.69, 9.17) is 9.41 Å². The Morgan fingerprint density at radius 3 is 1.99 bits per heavy atom. The summed E-state index contributed by atoms with van der Waals surface area (Å²) in [6, 6.07) is 79.4. The van der Waals surface area contributed by atoms with Gasteiger partial charge < -0.3 is 8.98 Å². The molecule has 1 atom stereocenters. The van der Waals surface area contributed by atoms with Crippen LogP contribution in [0.25, 0.3) is 110 Å². The Kier molecular flexibility index (Phi) is 10.4. The molecule has 0 fully saturated rings. The van der Waals surface area contributed by atoms with Crippen LogP contribution < -0.4 is 0 Å². The van der Waals surface area contributed by atoms with Gasteiger partial charge in [-0.05, 0) is 164 Å². The number of rotatable bonds is 8. The summed E-state index contributed by atoms with van der Waals surface area (Å²) in [6.07, 6.45) is 0. The number of aromatic nitrogens is 1. The molecular weight excluding hydrogens is 917 g/mol. The van der Waals surface area contributed by atoms with Gasteiger partial charge in [0.1, 0.15) is 11.2 Å². The van der Waals surface area contributed by atoms with E-state index < -0.39 is 0 Å². The Labute approximate surface area is 434 Å². The second-order valence-corrected chi connectivity index (χ2v) is 21.0.